The van der Waals surface area contributed by atoms with E-state index in [2.05, 4.69) is 20.7 Å². The highest BCUT2D eigenvalue weighted by Gasteiger charge is 2.27. The number of anilines is 1. The zero-order valence-electron chi connectivity index (χ0n) is 13.1. The van der Waals surface area contributed by atoms with Crippen LogP contribution in [0.15, 0.2) is 28.7 Å². The molecule has 2 aromatic rings. The first-order valence-corrected chi connectivity index (χ1v) is 10.2. The number of sulfonamides is 1. The summed E-state index contributed by atoms with van der Waals surface area (Å²) < 4.78 is 36.7. The molecule has 0 saturated heterocycles. The number of carbonyl (C=O) groups excluding carboxylic acids is 1. The van der Waals surface area contributed by atoms with Crippen molar-refractivity contribution in [2.75, 3.05) is 15.8 Å². The van der Waals surface area contributed by atoms with Crippen LogP contribution in [0, 0.1) is 0 Å². The van der Waals surface area contributed by atoms with Gasteiger partial charge in [0.15, 0.2) is 5.76 Å². The molecule has 0 aliphatic heterocycles. The SMILES string of the molecule is CC(=O)Oc1c(NS(=O)(=O)CCCBr)oc(-c2cccc(Cl)c2)c1O. The highest BCUT2D eigenvalue weighted by Crippen LogP contribution is 2.46. The fourth-order valence-corrected chi connectivity index (χ4v) is 3.86. The number of esters is 1. The Morgan fingerprint density at radius 1 is 1.44 bits per heavy atom. The van der Waals surface area contributed by atoms with Crippen molar-refractivity contribution < 1.29 is 27.5 Å². The molecule has 136 valence electrons. The number of carbonyl (C=O) groups is 1. The predicted molar refractivity (Wildman–Crippen MR) is 97.9 cm³/mol. The van der Waals surface area contributed by atoms with E-state index in [-0.39, 0.29) is 17.4 Å². The van der Waals surface area contributed by atoms with Crippen LogP contribution in [-0.4, -0.2) is 30.6 Å². The van der Waals surface area contributed by atoms with Crippen LogP contribution in [0.2, 0.25) is 5.02 Å². The number of halogens is 2. The van der Waals surface area contributed by atoms with Crippen LogP contribution in [0.5, 0.6) is 11.5 Å². The molecule has 1 heterocycles. The topological polar surface area (TPSA) is 106 Å². The van der Waals surface area contributed by atoms with Crippen LogP contribution in [0.25, 0.3) is 11.3 Å². The average Bonchev–Trinajstić information content (AvgIpc) is 2.81. The molecule has 0 amide bonds. The molecule has 0 aliphatic carbocycles. The molecule has 0 bridgehead atoms. The monoisotopic (exact) mass is 451 g/mol. The van der Waals surface area contributed by atoms with Gasteiger partial charge in [-0.2, -0.15) is 0 Å². The van der Waals surface area contributed by atoms with Gasteiger partial charge >= 0.3 is 5.97 Å². The van der Waals surface area contributed by atoms with E-state index in [0.717, 1.165) is 6.92 Å². The molecule has 2 N–H and O–H groups in total. The molecular weight excluding hydrogens is 438 g/mol. The van der Waals surface area contributed by atoms with Gasteiger partial charge < -0.3 is 14.3 Å². The van der Waals surface area contributed by atoms with E-state index in [1.807, 2.05) is 0 Å². The van der Waals surface area contributed by atoms with Gasteiger partial charge in [0.05, 0.1) is 5.75 Å². The molecule has 0 radical (unpaired) electrons. The quantitative estimate of drug-likeness (QED) is 0.489. The normalized spacial score (nSPS) is 11.3. The van der Waals surface area contributed by atoms with E-state index in [1.165, 1.54) is 6.07 Å². The fourth-order valence-electron chi connectivity index (χ4n) is 1.98. The third kappa shape index (κ3) is 5.13. The third-order valence-electron chi connectivity index (χ3n) is 2.97. The first-order chi connectivity index (χ1) is 11.7. The van der Waals surface area contributed by atoms with Gasteiger partial charge in [-0.15, -0.1) is 0 Å². The van der Waals surface area contributed by atoms with Gasteiger partial charge in [0.25, 0.3) is 5.88 Å². The lowest BCUT2D eigenvalue weighted by atomic mass is 10.1. The van der Waals surface area contributed by atoms with E-state index in [1.54, 1.807) is 18.2 Å². The van der Waals surface area contributed by atoms with Gasteiger partial charge in [0.1, 0.15) is 0 Å². The van der Waals surface area contributed by atoms with E-state index in [9.17, 15) is 18.3 Å². The van der Waals surface area contributed by atoms with Crippen molar-refractivity contribution in [3.63, 3.8) is 0 Å². The van der Waals surface area contributed by atoms with Crippen LogP contribution in [0.4, 0.5) is 5.88 Å². The minimum Gasteiger partial charge on any atom is -0.502 e. The summed E-state index contributed by atoms with van der Waals surface area (Å²) in [6.45, 7) is 1.12. The third-order valence-corrected chi connectivity index (χ3v) is 5.09. The lowest BCUT2D eigenvalue weighted by molar-refractivity contribution is -0.131. The maximum Gasteiger partial charge on any atom is 0.308 e. The van der Waals surface area contributed by atoms with Gasteiger partial charge in [-0.3, -0.25) is 4.79 Å². The van der Waals surface area contributed by atoms with Gasteiger partial charge in [0, 0.05) is 22.8 Å². The van der Waals surface area contributed by atoms with Gasteiger partial charge in [-0.1, -0.05) is 39.7 Å². The number of hydrogen-bond donors (Lipinski definition) is 2. The summed E-state index contributed by atoms with van der Waals surface area (Å²) in [4.78, 5) is 11.3. The number of furan rings is 1. The molecule has 1 aromatic heterocycles. The molecule has 0 atom stereocenters. The Labute approximate surface area is 158 Å². The number of nitrogens with one attached hydrogen (secondary N) is 1. The highest BCUT2D eigenvalue weighted by molar-refractivity contribution is 9.09. The highest BCUT2D eigenvalue weighted by atomic mass is 79.9. The molecule has 1 aromatic carbocycles. The van der Waals surface area contributed by atoms with Crippen molar-refractivity contribution in [1.82, 2.24) is 0 Å². The van der Waals surface area contributed by atoms with E-state index in [0.29, 0.717) is 22.3 Å². The number of benzene rings is 1. The Morgan fingerprint density at radius 3 is 2.76 bits per heavy atom. The molecule has 0 fully saturated rings. The van der Waals surface area contributed by atoms with Gasteiger partial charge in [-0.25, -0.2) is 13.1 Å². The van der Waals surface area contributed by atoms with Crippen molar-refractivity contribution in [3.05, 3.63) is 29.3 Å². The largest absolute Gasteiger partial charge is 0.502 e. The molecule has 0 unspecified atom stereocenters. The first kappa shape index (κ1) is 19.6. The summed E-state index contributed by atoms with van der Waals surface area (Å²) in [5.74, 6) is -2.27. The van der Waals surface area contributed by atoms with Crippen molar-refractivity contribution in [2.24, 2.45) is 0 Å². The molecule has 25 heavy (non-hydrogen) atoms. The second-order valence-electron chi connectivity index (χ2n) is 5.01. The minimum absolute atomic E-state index is 0.0723. The molecule has 10 heteroatoms. The van der Waals surface area contributed by atoms with Crippen LogP contribution in [0.3, 0.4) is 0 Å². The summed E-state index contributed by atoms with van der Waals surface area (Å²) >= 11 is 9.07. The summed E-state index contributed by atoms with van der Waals surface area (Å²) in [7, 11) is -3.75. The summed E-state index contributed by atoms with van der Waals surface area (Å²) in [5.41, 5.74) is 0.393. The summed E-state index contributed by atoms with van der Waals surface area (Å²) in [5, 5.41) is 11.2. The first-order valence-electron chi connectivity index (χ1n) is 7.10. The number of rotatable bonds is 7. The Balaban J connectivity index is 2.48. The zero-order chi connectivity index (χ0) is 18.6. The average molecular weight is 453 g/mol. The fraction of sp³-hybridized carbons (Fsp3) is 0.267. The molecule has 0 aliphatic rings. The summed E-state index contributed by atoms with van der Waals surface area (Å²) in [6, 6.07) is 6.37. The number of ether oxygens (including phenoxy) is 1. The number of alkyl halides is 1. The van der Waals surface area contributed by atoms with Crippen LogP contribution >= 0.6 is 27.5 Å². The minimum atomic E-state index is -3.75. The molecular formula is C15H15BrClNO6S. The van der Waals surface area contributed by atoms with Crippen molar-refractivity contribution in [1.29, 1.82) is 0 Å². The van der Waals surface area contributed by atoms with Gasteiger partial charge in [-0.05, 0) is 18.6 Å². The lowest BCUT2D eigenvalue weighted by Crippen LogP contribution is -2.17. The Morgan fingerprint density at radius 2 is 2.16 bits per heavy atom. The smallest absolute Gasteiger partial charge is 0.308 e. The Kier molecular flexibility index (Phi) is 6.36. The maximum atomic E-state index is 12.1. The Bertz CT molecular complexity index is 880. The second-order valence-corrected chi connectivity index (χ2v) is 8.08. The molecule has 0 saturated carbocycles. The molecule has 7 nitrogen and oxygen atoms in total. The van der Waals surface area contributed by atoms with Crippen LogP contribution in [0.1, 0.15) is 13.3 Å². The number of hydrogen-bond acceptors (Lipinski definition) is 6. The predicted octanol–water partition coefficient (Wildman–Crippen LogP) is 3.76. The van der Waals surface area contributed by atoms with Crippen LogP contribution < -0.4 is 9.46 Å². The number of aromatic hydroxyl groups is 1. The standard InChI is InChI=1S/C15H15BrClNO6S/c1-9(19)23-14-12(20)13(10-4-2-5-11(17)8-10)24-15(14)18-25(21,22)7-3-6-16/h2,4-5,8,18,20H,3,6-7H2,1H3. The Hall–Kier alpha value is -1.71. The van der Waals surface area contributed by atoms with Crippen molar-refractivity contribution >= 4 is 49.4 Å². The van der Waals surface area contributed by atoms with Crippen LogP contribution in [-0.2, 0) is 14.8 Å². The van der Waals surface area contributed by atoms with E-state index >= 15 is 0 Å². The van der Waals surface area contributed by atoms with E-state index < -0.39 is 27.5 Å². The van der Waals surface area contributed by atoms with Crippen molar-refractivity contribution in [2.45, 2.75) is 13.3 Å². The maximum absolute atomic E-state index is 12.1. The molecule has 0 spiro atoms. The molecule has 2 rings (SSSR count). The van der Waals surface area contributed by atoms with Gasteiger partial charge in [0.2, 0.25) is 21.5 Å². The van der Waals surface area contributed by atoms with Crippen molar-refractivity contribution in [3.8, 4) is 22.8 Å². The lowest BCUT2D eigenvalue weighted by Gasteiger charge is -2.06. The van der Waals surface area contributed by atoms with E-state index in [4.69, 9.17) is 20.8 Å². The zero-order valence-corrected chi connectivity index (χ0v) is 16.2. The summed E-state index contributed by atoms with van der Waals surface area (Å²) in [6.07, 6.45) is 0.367. The second kappa shape index (κ2) is 8.11.